The van der Waals surface area contributed by atoms with Crippen molar-refractivity contribution >= 4 is 29.0 Å². The number of carbonyl (C=O) groups is 1. The molecular weight excluding hydrogens is 219 g/mol. The molecule has 1 aromatic rings. The van der Waals surface area contributed by atoms with Gasteiger partial charge in [-0.3, -0.25) is 4.79 Å². The highest BCUT2D eigenvalue weighted by atomic mass is 35.5. The molecule has 1 nitrogen and oxygen atoms in total. The van der Waals surface area contributed by atoms with E-state index in [1.54, 1.807) is 25.1 Å². The van der Waals surface area contributed by atoms with Crippen LogP contribution in [0.2, 0.25) is 10.0 Å². The van der Waals surface area contributed by atoms with Crippen LogP contribution in [0.4, 0.5) is 0 Å². The lowest BCUT2D eigenvalue weighted by Gasteiger charge is -2.05. The number of allylic oxidation sites excluding steroid dienone is 1. The second kappa shape index (κ2) is 4.63. The molecule has 0 unspecified atom stereocenters. The van der Waals surface area contributed by atoms with Gasteiger partial charge in [-0.1, -0.05) is 35.8 Å². The zero-order chi connectivity index (χ0) is 10.7. The monoisotopic (exact) mass is 228 g/mol. The Hall–Kier alpha value is -0.790. The van der Waals surface area contributed by atoms with Crippen LogP contribution < -0.4 is 0 Å². The maximum atomic E-state index is 11.4. The summed E-state index contributed by atoms with van der Waals surface area (Å²) in [5.41, 5.74) is 1.19. The van der Waals surface area contributed by atoms with Crippen LogP contribution in [0, 0.1) is 0 Å². The third kappa shape index (κ3) is 2.60. The first kappa shape index (κ1) is 11.3. The van der Waals surface area contributed by atoms with E-state index >= 15 is 0 Å². The first-order valence-corrected chi connectivity index (χ1v) is 4.89. The molecule has 1 aromatic carbocycles. The predicted molar refractivity (Wildman–Crippen MR) is 60.0 cm³/mol. The van der Waals surface area contributed by atoms with E-state index in [9.17, 15) is 4.79 Å². The van der Waals surface area contributed by atoms with Gasteiger partial charge in [0.1, 0.15) is 0 Å². The van der Waals surface area contributed by atoms with Crippen LogP contribution in [0.3, 0.4) is 0 Å². The average molecular weight is 229 g/mol. The molecule has 0 aliphatic carbocycles. The average Bonchev–Trinajstić information content (AvgIpc) is 2.11. The number of rotatable bonds is 3. The van der Waals surface area contributed by atoms with E-state index in [2.05, 4.69) is 6.58 Å². The molecule has 0 saturated heterocycles. The minimum absolute atomic E-state index is 0.0417. The van der Waals surface area contributed by atoms with E-state index in [0.29, 0.717) is 21.2 Å². The van der Waals surface area contributed by atoms with Gasteiger partial charge in [0.05, 0.1) is 0 Å². The Morgan fingerprint density at radius 1 is 1.36 bits per heavy atom. The highest BCUT2D eigenvalue weighted by Crippen LogP contribution is 2.25. The molecule has 14 heavy (non-hydrogen) atoms. The SMILES string of the molecule is C=C(C)C(=O)Cc1c(Cl)cccc1Cl. The summed E-state index contributed by atoms with van der Waals surface area (Å²) < 4.78 is 0. The fourth-order valence-corrected chi connectivity index (χ4v) is 1.54. The number of carbonyl (C=O) groups excluding carboxylic acids is 1. The number of hydrogen-bond acceptors (Lipinski definition) is 1. The van der Waals surface area contributed by atoms with Crippen LogP contribution in [0.25, 0.3) is 0 Å². The molecule has 0 heterocycles. The van der Waals surface area contributed by atoms with Crippen molar-refractivity contribution in [1.29, 1.82) is 0 Å². The molecule has 0 aliphatic heterocycles. The smallest absolute Gasteiger partial charge is 0.162 e. The lowest BCUT2D eigenvalue weighted by atomic mass is 10.1. The third-order valence-corrected chi connectivity index (χ3v) is 2.58. The molecule has 0 fully saturated rings. The van der Waals surface area contributed by atoms with Gasteiger partial charge >= 0.3 is 0 Å². The van der Waals surface area contributed by atoms with Crippen molar-refractivity contribution in [2.45, 2.75) is 13.3 Å². The fourth-order valence-electron chi connectivity index (χ4n) is 1.01. The molecule has 1 rings (SSSR count). The third-order valence-electron chi connectivity index (χ3n) is 1.88. The Morgan fingerprint density at radius 3 is 2.29 bits per heavy atom. The van der Waals surface area contributed by atoms with Gasteiger partial charge in [0.2, 0.25) is 0 Å². The second-order valence-corrected chi connectivity index (χ2v) is 3.89. The van der Waals surface area contributed by atoms with Gasteiger partial charge in [-0.25, -0.2) is 0 Å². The van der Waals surface area contributed by atoms with E-state index in [0.717, 1.165) is 0 Å². The summed E-state index contributed by atoms with van der Waals surface area (Å²) in [6.45, 7) is 5.25. The Morgan fingerprint density at radius 2 is 1.86 bits per heavy atom. The number of halogens is 2. The molecule has 0 atom stereocenters. The number of hydrogen-bond donors (Lipinski definition) is 0. The van der Waals surface area contributed by atoms with E-state index in [4.69, 9.17) is 23.2 Å². The van der Waals surface area contributed by atoms with Crippen molar-refractivity contribution in [1.82, 2.24) is 0 Å². The second-order valence-electron chi connectivity index (χ2n) is 3.08. The van der Waals surface area contributed by atoms with E-state index < -0.39 is 0 Å². The highest BCUT2D eigenvalue weighted by molar-refractivity contribution is 6.36. The molecule has 0 aromatic heterocycles. The van der Waals surface area contributed by atoms with Crippen LogP contribution in [0.15, 0.2) is 30.4 Å². The topological polar surface area (TPSA) is 17.1 Å². The Balaban J connectivity index is 2.97. The van der Waals surface area contributed by atoms with Gasteiger partial charge in [-0.2, -0.15) is 0 Å². The summed E-state index contributed by atoms with van der Waals surface area (Å²) >= 11 is 11.8. The Labute approximate surface area is 93.3 Å². The van der Waals surface area contributed by atoms with Crippen LogP contribution in [0.5, 0.6) is 0 Å². The van der Waals surface area contributed by atoms with Crippen molar-refractivity contribution in [3.05, 3.63) is 46.0 Å². The molecule has 0 spiro atoms. The van der Waals surface area contributed by atoms with Crippen molar-refractivity contribution in [3.8, 4) is 0 Å². The standard InChI is InChI=1S/C11H10Cl2O/c1-7(2)11(14)6-8-9(12)4-3-5-10(8)13/h3-5H,1,6H2,2H3. The lowest BCUT2D eigenvalue weighted by Crippen LogP contribution is -2.04. The molecule has 0 bridgehead atoms. The number of Topliss-reactive ketones (excluding diaryl/α,β-unsaturated/α-hetero) is 1. The van der Waals surface area contributed by atoms with E-state index in [1.807, 2.05) is 0 Å². The fraction of sp³-hybridized carbons (Fsp3) is 0.182. The quantitative estimate of drug-likeness (QED) is 0.722. The summed E-state index contributed by atoms with van der Waals surface area (Å²) in [5, 5.41) is 1.04. The molecule has 3 heteroatoms. The van der Waals surface area contributed by atoms with Crippen molar-refractivity contribution in [3.63, 3.8) is 0 Å². The molecule has 74 valence electrons. The molecule has 0 aliphatic rings. The highest BCUT2D eigenvalue weighted by Gasteiger charge is 2.10. The zero-order valence-corrected chi connectivity index (χ0v) is 9.32. The molecule has 0 N–H and O–H groups in total. The Bertz CT molecular complexity index is 363. The largest absolute Gasteiger partial charge is 0.294 e. The van der Waals surface area contributed by atoms with E-state index in [1.165, 1.54) is 0 Å². The Kier molecular flexibility index (Phi) is 3.73. The molecule has 0 radical (unpaired) electrons. The van der Waals surface area contributed by atoms with Gasteiger partial charge < -0.3 is 0 Å². The van der Waals surface area contributed by atoms with Crippen LogP contribution in [-0.2, 0) is 11.2 Å². The van der Waals surface area contributed by atoms with Gasteiger partial charge in [-0.15, -0.1) is 0 Å². The zero-order valence-electron chi connectivity index (χ0n) is 7.81. The maximum Gasteiger partial charge on any atom is 0.162 e. The maximum absolute atomic E-state index is 11.4. The first-order valence-electron chi connectivity index (χ1n) is 4.14. The summed E-state index contributed by atoms with van der Waals surface area (Å²) in [6.07, 6.45) is 0.216. The predicted octanol–water partition coefficient (Wildman–Crippen LogP) is 3.68. The van der Waals surface area contributed by atoms with Gasteiger partial charge in [0.25, 0.3) is 0 Å². The van der Waals surface area contributed by atoms with Gasteiger partial charge in [0.15, 0.2) is 5.78 Å². The van der Waals surface area contributed by atoms with Crippen LogP contribution >= 0.6 is 23.2 Å². The van der Waals surface area contributed by atoms with Crippen molar-refractivity contribution < 1.29 is 4.79 Å². The number of ketones is 1. The van der Waals surface area contributed by atoms with Crippen molar-refractivity contribution in [2.24, 2.45) is 0 Å². The summed E-state index contributed by atoms with van der Waals surface area (Å²) in [5.74, 6) is -0.0417. The van der Waals surface area contributed by atoms with Crippen molar-refractivity contribution in [2.75, 3.05) is 0 Å². The molecular formula is C11H10Cl2O. The normalized spacial score (nSPS) is 9.93. The summed E-state index contributed by atoms with van der Waals surface area (Å²) in [4.78, 5) is 11.4. The lowest BCUT2D eigenvalue weighted by molar-refractivity contribution is -0.114. The summed E-state index contributed by atoms with van der Waals surface area (Å²) in [7, 11) is 0. The first-order chi connectivity index (χ1) is 6.52. The molecule has 0 saturated carbocycles. The minimum atomic E-state index is -0.0417. The minimum Gasteiger partial charge on any atom is -0.294 e. The van der Waals surface area contributed by atoms with Crippen LogP contribution in [0.1, 0.15) is 12.5 Å². The van der Waals surface area contributed by atoms with Crippen LogP contribution in [-0.4, -0.2) is 5.78 Å². The molecule has 0 amide bonds. The summed E-state index contributed by atoms with van der Waals surface area (Å²) in [6, 6.07) is 5.18. The van der Waals surface area contributed by atoms with Gasteiger partial charge in [0, 0.05) is 16.5 Å². The van der Waals surface area contributed by atoms with E-state index in [-0.39, 0.29) is 12.2 Å². The number of benzene rings is 1. The van der Waals surface area contributed by atoms with Gasteiger partial charge in [-0.05, 0) is 30.2 Å².